The molecule has 1 aromatic carbocycles. The molecule has 9 heteroatoms. The van der Waals surface area contributed by atoms with Gasteiger partial charge in [0.15, 0.2) is 0 Å². The second-order valence-electron chi connectivity index (χ2n) is 7.34. The fourth-order valence-corrected chi connectivity index (χ4v) is 3.39. The first-order valence-corrected chi connectivity index (χ1v) is 9.57. The number of tetrazole rings is 1. The molecule has 0 aliphatic carbocycles. The van der Waals surface area contributed by atoms with Gasteiger partial charge in [-0.05, 0) is 63.1 Å². The van der Waals surface area contributed by atoms with E-state index in [4.69, 9.17) is 0 Å². The van der Waals surface area contributed by atoms with E-state index in [1.807, 2.05) is 52.8 Å². The molecule has 0 unspecified atom stereocenters. The van der Waals surface area contributed by atoms with E-state index in [9.17, 15) is 9.59 Å². The van der Waals surface area contributed by atoms with Crippen molar-refractivity contribution in [3.05, 3.63) is 29.3 Å². The van der Waals surface area contributed by atoms with E-state index in [1.165, 1.54) is 11.8 Å². The van der Waals surface area contributed by atoms with Crippen LogP contribution in [0.4, 0.5) is 5.69 Å². The lowest BCUT2D eigenvalue weighted by Crippen LogP contribution is -2.37. The van der Waals surface area contributed by atoms with Crippen molar-refractivity contribution in [2.75, 3.05) is 11.9 Å². The first kappa shape index (κ1) is 20.9. The summed E-state index contributed by atoms with van der Waals surface area (Å²) in [6.07, 6.45) is 0. The quantitative estimate of drug-likeness (QED) is 0.734. The van der Waals surface area contributed by atoms with Crippen LogP contribution in [0.15, 0.2) is 23.4 Å². The summed E-state index contributed by atoms with van der Waals surface area (Å²) in [7, 11) is 0. The number of nitrogens with zero attached hydrogens (tertiary/aromatic N) is 4. The third-order valence-electron chi connectivity index (χ3n) is 3.90. The molecular weight excluding hydrogens is 364 g/mol. The molecule has 1 aromatic heterocycles. The summed E-state index contributed by atoms with van der Waals surface area (Å²) in [5, 5.41) is 17.3. The number of hydrogen-bond donors (Lipinski definition) is 2. The van der Waals surface area contributed by atoms with Crippen LogP contribution in [0, 0.1) is 13.8 Å². The van der Waals surface area contributed by atoms with E-state index in [0.29, 0.717) is 5.16 Å². The Morgan fingerprint density at radius 2 is 1.85 bits per heavy atom. The number of anilines is 1. The SMILES string of the molecule is Cc1cccc(C)c1NC(=O)CNC(=O)[C@@H](C)Sc1nnnn1C(C)(C)C. The Kier molecular flexibility index (Phi) is 6.59. The zero-order valence-corrected chi connectivity index (χ0v) is 17.3. The van der Waals surface area contributed by atoms with Gasteiger partial charge < -0.3 is 10.6 Å². The Morgan fingerprint density at radius 1 is 1.22 bits per heavy atom. The minimum absolute atomic E-state index is 0.0955. The van der Waals surface area contributed by atoms with Gasteiger partial charge >= 0.3 is 0 Å². The van der Waals surface area contributed by atoms with Crippen molar-refractivity contribution in [1.29, 1.82) is 0 Å². The second kappa shape index (κ2) is 8.51. The summed E-state index contributed by atoms with van der Waals surface area (Å²) < 4.78 is 1.68. The Bertz CT molecular complexity index is 807. The van der Waals surface area contributed by atoms with E-state index in [0.717, 1.165) is 16.8 Å². The topological polar surface area (TPSA) is 102 Å². The number of aryl methyl sites for hydroxylation is 2. The van der Waals surface area contributed by atoms with Crippen molar-refractivity contribution in [1.82, 2.24) is 25.5 Å². The average molecular weight is 391 g/mol. The lowest BCUT2D eigenvalue weighted by atomic mass is 10.1. The molecule has 1 atom stereocenters. The van der Waals surface area contributed by atoms with Crippen LogP contribution in [0.3, 0.4) is 0 Å². The molecule has 0 fully saturated rings. The molecule has 0 spiro atoms. The van der Waals surface area contributed by atoms with E-state index >= 15 is 0 Å². The van der Waals surface area contributed by atoms with Gasteiger partial charge in [-0.3, -0.25) is 9.59 Å². The highest BCUT2D eigenvalue weighted by Gasteiger charge is 2.24. The molecule has 2 amide bonds. The maximum absolute atomic E-state index is 12.3. The van der Waals surface area contributed by atoms with Crippen molar-refractivity contribution < 1.29 is 9.59 Å². The van der Waals surface area contributed by atoms with Gasteiger partial charge in [0, 0.05) is 5.69 Å². The molecule has 27 heavy (non-hydrogen) atoms. The summed E-state index contributed by atoms with van der Waals surface area (Å²) in [6, 6.07) is 5.80. The molecule has 0 bridgehead atoms. The predicted molar refractivity (Wildman–Crippen MR) is 106 cm³/mol. The Hall–Kier alpha value is -2.42. The predicted octanol–water partition coefficient (Wildman–Crippen LogP) is 2.28. The monoisotopic (exact) mass is 390 g/mol. The zero-order valence-electron chi connectivity index (χ0n) is 16.5. The van der Waals surface area contributed by atoms with E-state index in [1.54, 1.807) is 11.6 Å². The lowest BCUT2D eigenvalue weighted by molar-refractivity contribution is -0.123. The minimum Gasteiger partial charge on any atom is -0.346 e. The van der Waals surface area contributed by atoms with Crippen LogP contribution in [0.5, 0.6) is 0 Å². The average Bonchev–Trinajstić information content (AvgIpc) is 3.04. The van der Waals surface area contributed by atoms with Crippen LogP contribution >= 0.6 is 11.8 Å². The van der Waals surface area contributed by atoms with E-state index in [2.05, 4.69) is 26.2 Å². The van der Waals surface area contributed by atoms with Crippen LogP contribution in [-0.4, -0.2) is 43.8 Å². The highest BCUT2D eigenvalue weighted by molar-refractivity contribution is 8.00. The molecule has 2 aromatic rings. The molecule has 8 nitrogen and oxygen atoms in total. The number of aromatic nitrogens is 4. The molecule has 0 radical (unpaired) electrons. The van der Waals surface area contributed by atoms with Crippen molar-refractivity contribution in [2.24, 2.45) is 0 Å². The number of carbonyl (C=O) groups excluding carboxylic acids is 2. The third kappa shape index (κ3) is 5.53. The fourth-order valence-electron chi connectivity index (χ4n) is 2.39. The minimum atomic E-state index is -0.440. The first-order chi connectivity index (χ1) is 12.6. The number of hydrogen-bond acceptors (Lipinski definition) is 6. The standard InChI is InChI=1S/C18H26N6O2S/c1-11-8-7-9-12(2)15(11)20-14(25)10-19-16(26)13(3)27-17-21-22-23-24(17)18(4,5)6/h7-9,13H,10H2,1-6H3,(H,19,26)(H,20,25)/t13-/m1/s1. The molecule has 0 saturated carbocycles. The van der Waals surface area contributed by atoms with Gasteiger partial charge in [-0.2, -0.15) is 0 Å². The number of thioether (sulfide) groups is 1. The lowest BCUT2D eigenvalue weighted by Gasteiger charge is -2.20. The molecular formula is C18H26N6O2S. The van der Waals surface area contributed by atoms with Crippen LogP contribution in [0.1, 0.15) is 38.8 Å². The van der Waals surface area contributed by atoms with Gasteiger partial charge in [0.2, 0.25) is 17.0 Å². The summed E-state index contributed by atoms with van der Waals surface area (Å²) >= 11 is 1.26. The van der Waals surface area contributed by atoms with Gasteiger partial charge in [-0.15, -0.1) is 5.10 Å². The summed E-state index contributed by atoms with van der Waals surface area (Å²) in [5.74, 6) is -0.516. The Balaban J connectivity index is 1.90. The van der Waals surface area contributed by atoms with Gasteiger partial charge in [0.25, 0.3) is 0 Å². The molecule has 0 aliphatic heterocycles. The van der Waals surface area contributed by atoms with Crippen LogP contribution < -0.4 is 10.6 Å². The summed E-state index contributed by atoms with van der Waals surface area (Å²) in [6.45, 7) is 11.5. The number of amides is 2. The molecule has 0 aliphatic rings. The van der Waals surface area contributed by atoms with Gasteiger partial charge in [-0.1, -0.05) is 30.0 Å². The smallest absolute Gasteiger partial charge is 0.243 e. The largest absolute Gasteiger partial charge is 0.346 e. The number of rotatable bonds is 6. The fraction of sp³-hybridized carbons (Fsp3) is 0.500. The van der Waals surface area contributed by atoms with Crippen molar-refractivity contribution in [3.8, 4) is 0 Å². The second-order valence-corrected chi connectivity index (χ2v) is 8.64. The zero-order chi connectivity index (χ0) is 20.2. The highest BCUT2D eigenvalue weighted by atomic mass is 32.2. The molecule has 1 heterocycles. The maximum atomic E-state index is 12.3. The molecule has 2 N–H and O–H groups in total. The van der Waals surface area contributed by atoms with Crippen LogP contribution in [0.25, 0.3) is 0 Å². The van der Waals surface area contributed by atoms with Crippen LogP contribution in [-0.2, 0) is 15.1 Å². The number of nitrogens with one attached hydrogen (secondary N) is 2. The summed E-state index contributed by atoms with van der Waals surface area (Å²) in [5.41, 5.74) is 2.46. The van der Waals surface area contributed by atoms with Crippen molar-refractivity contribution >= 4 is 29.3 Å². The number of carbonyl (C=O) groups is 2. The van der Waals surface area contributed by atoms with Crippen molar-refractivity contribution in [2.45, 2.75) is 57.5 Å². The molecule has 0 saturated heterocycles. The van der Waals surface area contributed by atoms with E-state index < -0.39 is 5.25 Å². The maximum Gasteiger partial charge on any atom is 0.243 e. The van der Waals surface area contributed by atoms with Gasteiger partial charge in [-0.25, -0.2) is 4.68 Å². The van der Waals surface area contributed by atoms with Crippen molar-refractivity contribution in [3.63, 3.8) is 0 Å². The first-order valence-electron chi connectivity index (χ1n) is 8.69. The summed E-state index contributed by atoms with van der Waals surface area (Å²) in [4.78, 5) is 24.5. The molecule has 146 valence electrons. The normalized spacial score (nSPS) is 12.5. The van der Waals surface area contributed by atoms with Gasteiger partial charge in [0.05, 0.1) is 17.3 Å². The van der Waals surface area contributed by atoms with Crippen LogP contribution in [0.2, 0.25) is 0 Å². The Labute approximate surface area is 163 Å². The van der Waals surface area contributed by atoms with E-state index in [-0.39, 0.29) is 23.9 Å². The molecule has 2 rings (SSSR count). The number of benzene rings is 1. The third-order valence-corrected chi connectivity index (χ3v) is 4.93. The Morgan fingerprint density at radius 3 is 2.44 bits per heavy atom. The highest BCUT2D eigenvalue weighted by Crippen LogP contribution is 2.25. The van der Waals surface area contributed by atoms with Gasteiger partial charge in [0.1, 0.15) is 0 Å². The number of para-hydroxylation sites is 1.